The molecular weight excluding hydrogens is 404 g/mol. The Kier molecular flexibility index (Phi) is 7.33. The minimum atomic E-state index is -3.70. The van der Waals surface area contributed by atoms with E-state index in [2.05, 4.69) is 5.32 Å². The molecule has 1 heterocycles. The summed E-state index contributed by atoms with van der Waals surface area (Å²) in [5, 5.41) is 2.87. The molecule has 0 spiro atoms. The zero-order valence-corrected chi connectivity index (χ0v) is 18.2. The van der Waals surface area contributed by atoms with Gasteiger partial charge in [-0.3, -0.25) is 4.79 Å². The Hall–Kier alpha value is -2.58. The normalized spacial score (nSPS) is 17.3. The average molecular weight is 433 g/mol. The van der Waals surface area contributed by atoms with Gasteiger partial charge < -0.3 is 14.8 Å². The highest BCUT2D eigenvalue weighted by Gasteiger charge is 2.34. The quantitative estimate of drug-likeness (QED) is 0.688. The number of piperidine rings is 1. The lowest BCUT2D eigenvalue weighted by molar-refractivity contribution is -0.117. The van der Waals surface area contributed by atoms with Crippen molar-refractivity contribution in [2.24, 2.45) is 0 Å². The lowest BCUT2D eigenvalue weighted by Gasteiger charge is -2.34. The third-order valence-electron chi connectivity index (χ3n) is 5.12. The molecule has 3 rings (SSSR count). The first-order valence-corrected chi connectivity index (χ1v) is 11.6. The number of nitrogens with one attached hydrogen (secondary N) is 1. The number of sulfonamides is 1. The molecule has 2 aromatic rings. The third-order valence-corrected chi connectivity index (χ3v) is 7.09. The number of rotatable bonds is 8. The predicted octanol–water partition coefficient (Wildman–Crippen LogP) is 3.67. The lowest BCUT2D eigenvalue weighted by atomic mass is 10.0. The minimum Gasteiger partial charge on any atom is -0.497 e. The van der Waals surface area contributed by atoms with Crippen LogP contribution in [0.3, 0.4) is 0 Å². The smallest absolute Gasteiger partial charge is 0.243 e. The molecule has 1 N–H and O–H groups in total. The topological polar surface area (TPSA) is 84.9 Å². The van der Waals surface area contributed by atoms with E-state index in [0.29, 0.717) is 36.8 Å². The first-order chi connectivity index (χ1) is 14.5. The Morgan fingerprint density at radius 1 is 1.13 bits per heavy atom. The van der Waals surface area contributed by atoms with E-state index in [0.717, 1.165) is 12.8 Å². The van der Waals surface area contributed by atoms with Crippen molar-refractivity contribution in [1.82, 2.24) is 4.31 Å². The van der Waals surface area contributed by atoms with Gasteiger partial charge >= 0.3 is 0 Å². The highest BCUT2D eigenvalue weighted by atomic mass is 32.2. The predicted molar refractivity (Wildman–Crippen MR) is 115 cm³/mol. The number of benzene rings is 2. The molecule has 0 aliphatic carbocycles. The van der Waals surface area contributed by atoms with Crippen LogP contribution in [-0.2, 0) is 14.8 Å². The van der Waals surface area contributed by atoms with Gasteiger partial charge in [0.15, 0.2) is 0 Å². The molecule has 1 fully saturated rings. The molecule has 162 valence electrons. The number of hydrogen-bond acceptors (Lipinski definition) is 5. The standard InChI is InChI=1S/C22H28N2O5S/c1-3-29-21-10-5-4-9-20(21)23-22(25)16-17-8-6-7-15-24(17)30(26,27)19-13-11-18(28-2)12-14-19/h4-5,9-14,17H,3,6-8,15-16H2,1-2H3,(H,23,25)/t17-/m1/s1. The fraction of sp³-hybridized carbons (Fsp3) is 0.409. The van der Waals surface area contributed by atoms with Crippen LogP contribution < -0.4 is 14.8 Å². The summed E-state index contributed by atoms with van der Waals surface area (Å²) in [7, 11) is -2.16. The van der Waals surface area contributed by atoms with Crippen molar-refractivity contribution in [2.45, 2.75) is 43.5 Å². The molecule has 1 saturated heterocycles. The number of nitrogens with zero attached hydrogens (tertiary/aromatic N) is 1. The second kappa shape index (κ2) is 9.95. The highest BCUT2D eigenvalue weighted by Crippen LogP contribution is 2.29. The molecule has 30 heavy (non-hydrogen) atoms. The van der Waals surface area contributed by atoms with Crippen molar-refractivity contribution in [1.29, 1.82) is 0 Å². The number of methoxy groups -OCH3 is 1. The van der Waals surface area contributed by atoms with Gasteiger partial charge in [-0.25, -0.2) is 8.42 Å². The molecule has 1 aliphatic rings. The van der Waals surface area contributed by atoms with Crippen LogP contribution in [0.1, 0.15) is 32.6 Å². The lowest BCUT2D eigenvalue weighted by Crippen LogP contribution is -2.45. The van der Waals surface area contributed by atoms with Crippen molar-refractivity contribution >= 4 is 21.6 Å². The molecule has 1 amide bonds. The summed E-state index contributed by atoms with van der Waals surface area (Å²) in [5.74, 6) is 0.958. The second-order valence-electron chi connectivity index (χ2n) is 7.12. The molecule has 0 aromatic heterocycles. The van der Waals surface area contributed by atoms with Crippen LogP contribution in [0.5, 0.6) is 11.5 Å². The van der Waals surface area contributed by atoms with Crippen molar-refractivity contribution < 1.29 is 22.7 Å². The van der Waals surface area contributed by atoms with Crippen molar-refractivity contribution in [3.8, 4) is 11.5 Å². The zero-order chi connectivity index (χ0) is 21.6. The summed E-state index contributed by atoms with van der Waals surface area (Å²) >= 11 is 0. The van der Waals surface area contributed by atoms with Crippen molar-refractivity contribution in [3.05, 3.63) is 48.5 Å². The van der Waals surface area contributed by atoms with E-state index >= 15 is 0 Å². The second-order valence-corrected chi connectivity index (χ2v) is 9.01. The van der Waals surface area contributed by atoms with Crippen LogP contribution in [-0.4, -0.2) is 44.9 Å². The Balaban J connectivity index is 1.74. The van der Waals surface area contributed by atoms with Crippen LogP contribution >= 0.6 is 0 Å². The first-order valence-electron chi connectivity index (χ1n) is 10.1. The molecule has 1 aliphatic heterocycles. The minimum absolute atomic E-state index is 0.0931. The molecule has 0 radical (unpaired) electrons. The fourth-order valence-corrected chi connectivity index (χ4v) is 5.34. The van der Waals surface area contributed by atoms with E-state index in [-0.39, 0.29) is 23.3 Å². The van der Waals surface area contributed by atoms with Gasteiger partial charge in [-0.15, -0.1) is 0 Å². The summed E-state index contributed by atoms with van der Waals surface area (Å²) in [6, 6.07) is 13.2. The number of amides is 1. The van der Waals surface area contributed by atoms with Crippen molar-refractivity contribution in [3.63, 3.8) is 0 Å². The van der Waals surface area contributed by atoms with E-state index in [1.165, 1.54) is 23.5 Å². The number of carbonyl (C=O) groups is 1. The van der Waals surface area contributed by atoms with Gasteiger partial charge in [0.2, 0.25) is 15.9 Å². The molecule has 7 nitrogen and oxygen atoms in total. The molecule has 1 atom stereocenters. The Bertz CT molecular complexity index is 960. The van der Waals surface area contributed by atoms with E-state index in [4.69, 9.17) is 9.47 Å². The summed E-state index contributed by atoms with van der Waals surface area (Å²) in [5.41, 5.74) is 0.588. The maximum absolute atomic E-state index is 13.2. The molecule has 0 saturated carbocycles. The Labute approximate surface area is 178 Å². The maximum atomic E-state index is 13.2. The maximum Gasteiger partial charge on any atom is 0.243 e. The Morgan fingerprint density at radius 2 is 1.87 bits per heavy atom. The van der Waals surface area contributed by atoms with E-state index in [1.54, 1.807) is 24.3 Å². The molecular formula is C22H28N2O5S. The molecule has 0 unspecified atom stereocenters. The van der Waals surface area contributed by atoms with Crippen molar-refractivity contribution in [2.75, 3.05) is 25.6 Å². The zero-order valence-electron chi connectivity index (χ0n) is 17.3. The monoisotopic (exact) mass is 432 g/mol. The van der Waals surface area contributed by atoms with Gasteiger partial charge in [0.1, 0.15) is 11.5 Å². The SMILES string of the molecule is CCOc1ccccc1NC(=O)C[C@H]1CCCCN1S(=O)(=O)c1ccc(OC)cc1. The molecule has 2 aromatic carbocycles. The van der Waals surface area contributed by atoms with Crippen LogP contribution in [0.2, 0.25) is 0 Å². The van der Waals surface area contributed by atoms with Gasteiger partial charge in [-0.2, -0.15) is 4.31 Å². The van der Waals surface area contributed by atoms with E-state index in [1.807, 2.05) is 19.1 Å². The number of para-hydroxylation sites is 2. The average Bonchev–Trinajstić information content (AvgIpc) is 2.75. The van der Waals surface area contributed by atoms with Crippen LogP contribution in [0.15, 0.2) is 53.4 Å². The fourth-order valence-electron chi connectivity index (χ4n) is 3.64. The summed E-state index contributed by atoms with van der Waals surface area (Å²) in [6.07, 6.45) is 2.41. The number of ether oxygens (including phenoxy) is 2. The van der Waals surface area contributed by atoms with Gasteiger partial charge in [-0.1, -0.05) is 18.6 Å². The van der Waals surface area contributed by atoms with Crippen LogP contribution in [0.4, 0.5) is 5.69 Å². The Morgan fingerprint density at radius 3 is 2.57 bits per heavy atom. The van der Waals surface area contributed by atoms with E-state index < -0.39 is 10.0 Å². The van der Waals surface area contributed by atoms with Crippen LogP contribution in [0.25, 0.3) is 0 Å². The van der Waals surface area contributed by atoms with Gasteiger partial charge in [-0.05, 0) is 56.2 Å². The van der Waals surface area contributed by atoms with Crippen LogP contribution in [0, 0.1) is 0 Å². The van der Waals surface area contributed by atoms with Gasteiger partial charge in [0, 0.05) is 19.0 Å². The highest BCUT2D eigenvalue weighted by molar-refractivity contribution is 7.89. The van der Waals surface area contributed by atoms with Gasteiger partial charge in [0.25, 0.3) is 0 Å². The number of anilines is 1. The summed E-state index contributed by atoms with van der Waals surface area (Å²) in [4.78, 5) is 12.9. The summed E-state index contributed by atoms with van der Waals surface area (Å²) < 4.78 is 38.5. The molecule has 0 bridgehead atoms. The summed E-state index contributed by atoms with van der Waals surface area (Å²) in [6.45, 7) is 2.77. The third kappa shape index (κ3) is 5.12. The number of hydrogen-bond donors (Lipinski definition) is 1. The van der Waals surface area contributed by atoms with E-state index in [9.17, 15) is 13.2 Å². The largest absolute Gasteiger partial charge is 0.497 e. The first kappa shape index (κ1) is 22.1. The molecule has 8 heteroatoms. The van der Waals surface area contributed by atoms with Gasteiger partial charge in [0.05, 0.1) is 24.3 Å². The number of carbonyl (C=O) groups excluding carboxylic acids is 1.